The molecule has 0 amide bonds. The Morgan fingerprint density at radius 1 is 1.03 bits per heavy atom. The lowest BCUT2D eigenvalue weighted by atomic mass is 10.1. The fourth-order valence-electron chi connectivity index (χ4n) is 2.64. The number of halogens is 3. The molecule has 9 heteroatoms. The molecule has 1 aromatic heterocycles. The van der Waals surface area contributed by atoms with Crippen LogP contribution in [0.3, 0.4) is 0 Å². The Morgan fingerprint density at radius 3 is 2.37 bits per heavy atom. The van der Waals surface area contributed by atoms with Crippen LogP contribution in [0.1, 0.15) is 16.8 Å². The van der Waals surface area contributed by atoms with Crippen molar-refractivity contribution in [1.29, 1.82) is 0 Å². The van der Waals surface area contributed by atoms with Crippen LogP contribution in [0.15, 0.2) is 47.8 Å². The van der Waals surface area contributed by atoms with Crippen molar-refractivity contribution in [1.82, 2.24) is 4.98 Å². The summed E-state index contributed by atoms with van der Waals surface area (Å²) in [5.74, 6) is 0.659. The van der Waals surface area contributed by atoms with Gasteiger partial charge in [-0.15, -0.1) is 11.3 Å². The van der Waals surface area contributed by atoms with E-state index in [1.165, 1.54) is 23.5 Å². The first-order valence-corrected chi connectivity index (χ1v) is 9.66. The number of carbonyl (C=O) groups excluding carboxylic acids is 1. The highest BCUT2D eigenvalue weighted by molar-refractivity contribution is 7.13. The molecule has 0 atom stereocenters. The molecular formula is C21H18F3NO4S. The van der Waals surface area contributed by atoms with E-state index in [2.05, 4.69) is 4.98 Å². The lowest BCUT2D eigenvalue weighted by molar-refractivity contribution is -0.144. The number of thiazole rings is 1. The average molecular weight is 437 g/mol. The highest BCUT2D eigenvalue weighted by Gasteiger charge is 2.29. The van der Waals surface area contributed by atoms with Gasteiger partial charge in [0.2, 0.25) is 0 Å². The number of alkyl halides is 3. The van der Waals surface area contributed by atoms with Gasteiger partial charge in [0.1, 0.15) is 11.6 Å². The summed E-state index contributed by atoms with van der Waals surface area (Å²) >= 11 is 1.37. The molecule has 1 heterocycles. The molecule has 0 aliphatic heterocycles. The van der Waals surface area contributed by atoms with E-state index in [0.717, 1.165) is 17.7 Å². The maximum absolute atomic E-state index is 12.6. The van der Waals surface area contributed by atoms with Gasteiger partial charge in [-0.05, 0) is 35.9 Å². The van der Waals surface area contributed by atoms with Gasteiger partial charge >= 0.3 is 12.1 Å². The molecule has 0 N–H and O–H groups in total. The summed E-state index contributed by atoms with van der Waals surface area (Å²) in [4.78, 5) is 16.5. The third-order valence-corrected chi connectivity index (χ3v) is 5.13. The number of hydrogen-bond donors (Lipinski definition) is 0. The summed E-state index contributed by atoms with van der Waals surface area (Å²) in [5.41, 5.74) is 1.09. The Kier molecular flexibility index (Phi) is 6.61. The Hall–Kier alpha value is -3.07. The van der Waals surface area contributed by atoms with Gasteiger partial charge < -0.3 is 14.2 Å². The average Bonchev–Trinajstić information content (AvgIpc) is 3.19. The van der Waals surface area contributed by atoms with Crippen LogP contribution in [0.2, 0.25) is 0 Å². The van der Waals surface area contributed by atoms with Crippen LogP contribution < -0.4 is 9.47 Å². The van der Waals surface area contributed by atoms with E-state index in [0.29, 0.717) is 27.8 Å². The standard InChI is InChI=1S/C21H18F3NO4S/c1-27-17-8-5-14(9-18(17)28-2)20-25-16(12-30-20)10-19(26)29-11-13-3-6-15(7-4-13)21(22,23)24/h3-9,12H,10-11H2,1-2H3. The second kappa shape index (κ2) is 9.17. The number of carbonyl (C=O) groups is 1. The smallest absolute Gasteiger partial charge is 0.416 e. The van der Waals surface area contributed by atoms with E-state index < -0.39 is 17.7 Å². The van der Waals surface area contributed by atoms with Crippen molar-refractivity contribution in [3.63, 3.8) is 0 Å². The first kappa shape index (κ1) is 21.6. The molecule has 0 aliphatic rings. The maximum Gasteiger partial charge on any atom is 0.416 e. The zero-order valence-corrected chi connectivity index (χ0v) is 17.0. The summed E-state index contributed by atoms with van der Waals surface area (Å²) in [6.45, 7) is -0.107. The summed E-state index contributed by atoms with van der Waals surface area (Å²) in [6.07, 6.45) is -4.43. The van der Waals surface area contributed by atoms with E-state index >= 15 is 0 Å². The third-order valence-electron chi connectivity index (χ3n) is 4.19. The first-order chi connectivity index (χ1) is 14.3. The van der Waals surface area contributed by atoms with Gasteiger partial charge in [0.05, 0.1) is 31.9 Å². The van der Waals surface area contributed by atoms with E-state index in [4.69, 9.17) is 14.2 Å². The largest absolute Gasteiger partial charge is 0.493 e. The molecular weight excluding hydrogens is 419 g/mol. The topological polar surface area (TPSA) is 57.7 Å². The molecule has 5 nitrogen and oxygen atoms in total. The van der Waals surface area contributed by atoms with Crippen molar-refractivity contribution in [2.24, 2.45) is 0 Å². The molecule has 3 aromatic rings. The monoisotopic (exact) mass is 437 g/mol. The lowest BCUT2D eigenvalue weighted by Gasteiger charge is -2.08. The molecule has 2 aromatic carbocycles. The number of ether oxygens (including phenoxy) is 3. The van der Waals surface area contributed by atoms with Crippen LogP contribution in [0.5, 0.6) is 11.5 Å². The number of esters is 1. The van der Waals surface area contributed by atoms with Gasteiger partial charge in [-0.1, -0.05) is 12.1 Å². The van der Waals surface area contributed by atoms with Crippen molar-refractivity contribution < 1.29 is 32.2 Å². The predicted octanol–water partition coefficient (Wildman–Crippen LogP) is 5.13. The fourth-order valence-corrected chi connectivity index (χ4v) is 3.46. The molecule has 0 unspecified atom stereocenters. The third kappa shape index (κ3) is 5.29. The van der Waals surface area contributed by atoms with Crippen LogP contribution in [-0.4, -0.2) is 25.2 Å². The molecule has 158 valence electrons. The second-order valence-electron chi connectivity index (χ2n) is 6.25. The molecule has 0 radical (unpaired) electrons. The number of hydrogen-bond acceptors (Lipinski definition) is 6. The molecule has 0 aliphatic carbocycles. The van der Waals surface area contributed by atoms with Crippen LogP contribution in [0.25, 0.3) is 10.6 Å². The maximum atomic E-state index is 12.6. The number of methoxy groups -OCH3 is 2. The minimum absolute atomic E-state index is 0.0373. The van der Waals surface area contributed by atoms with Crippen molar-refractivity contribution in [3.05, 3.63) is 64.7 Å². The van der Waals surface area contributed by atoms with Crippen molar-refractivity contribution >= 4 is 17.3 Å². The number of aromatic nitrogens is 1. The molecule has 3 rings (SSSR count). The van der Waals surface area contributed by atoms with Gasteiger partial charge in [0.25, 0.3) is 0 Å². The zero-order valence-electron chi connectivity index (χ0n) is 16.2. The first-order valence-electron chi connectivity index (χ1n) is 8.78. The Labute approximate surface area is 175 Å². The number of rotatable bonds is 7. The highest BCUT2D eigenvalue weighted by atomic mass is 32.1. The lowest BCUT2D eigenvalue weighted by Crippen LogP contribution is -2.09. The van der Waals surface area contributed by atoms with E-state index in [1.54, 1.807) is 31.7 Å². The molecule has 0 spiro atoms. The van der Waals surface area contributed by atoms with Crippen LogP contribution in [-0.2, 0) is 28.7 Å². The Morgan fingerprint density at radius 2 is 1.73 bits per heavy atom. The summed E-state index contributed by atoms with van der Waals surface area (Å²) in [7, 11) is 3.09. The summed E-state index contributed by atoms with van der Waals surface area (Å²) in [5, 5.41) is 2.47. The SMILES string of the molecule is COc1ccc(-c2nc(CC(=O)OCc3ccc(C(F)(F)F)cc3)cs2)cc1OC. The second-order valence-corrected chi connectivity index (χ2v) is 7.10. The molecule has 0 bridgehead atoms. The quantitative estimate of drug-likeness (QED) is 0.480. The van der Waals surface area contributed by atoms with Gasteiger partial charge in [0, 0.05) is 10.9 Å². The summed E-state index contributed by atoms with van der Waals surface area (Å²) < 4.78 is 53.4. The Bertz CT molecular complexity index is 1020. The van der Waals surface area contributed by atoms with Gasteiger partial charge in [-0.2, -0.15) is 13.2 Å². The van der Waals surface area contributed by atoms with E-state index in [-0.39, 0.29) is 13.0 Å². The van der Waals surface area contributed by atoms with E-state index in [1.807, 2.05) is 6.07 Å². The molecule has 0 saturated heterocycles. The molecule has 0 saturated carbocycles. The van der Waals surface area contributed by atoms with Crippen LogP contribution >= 0.6 is 11.3 Å². The van der Waals surface area contributed by atoms with Gasteiger partial charge in [-0.3, -0.25) is 4.79 Å². The number of benzene rings is 2. The number of nitrogens with zero attached hydrogens (tertiary/aromatic N) is 1. The summed E-state index contributed by atoms with van der Waals surface area (Å²) in [6, 6.07) is 9.89. The van der Waals surface area contributed by atoms with Gasteiger partial charge in [-0.25, -0.2) is 4.98 Å². The van der Waals surface area contributed by atoms with Crippen molar-refractivity contribution in [2.45, 2.75) is 19.2 Å². The Balaban J connectivity index is 1.59. The van der Waals surface area contributed by atoms with E-state index in [9.17, 15) is 18.0 Å². The normalized spacial score (nSPS) is 11.2. The van der Waals surface area contributed by atoms with Crippen molar-refractivity contribution in [3.8, 4) is 22.1 Å². The zero-order chi connectivity index (χ0) is 21.7. The molecule has 30 heavy (non-hydrogen) atoms. The van der Waals surface area contributed by atoms with Crippen molar-refractivity contribution in [2.75, 3.05) is 14.2 Å². The van der Waals surface area contributed by atoms with Crippen LogP contribution in [0.4, 0.5) is 13.2 Å². The fraction of sp³-hybridized carbons (Fsp3) is 0.238. The minimum Gasteiger partial charge on any atom is -0.493 e. The van der Waals surface area contributed by atoms with Gasteiger partial charge in [0.15, 0.2) is 11.5 Å². The highest BCUT2D eigenvalue weighted by Crippen LogP contribution is 2.33. The minimum atomic E-state index is -4.40. The molecule has 0 fully saturated rings. The predicted molar refractivity (Wildman–Crippen MR) is 106 cm³/mol. The van der Waals surface area contributed by atoms with Crippen LogP contribution in [0, 0.1) is 0 Å².